The van der Waals surface area contributed by atoms with Crippen LogP contribution in [0, 0.1) is 11.8 Å². The van der Waals surface area contributed by atoms with E-state index in [1.807, 2.05) is 0 Å². The van der Waals surface area contributed by atoms with Crippen LogP contribution in [0.4, 0.5) is 9.80 Å². The second kappa shape index (κ2) is 7.64. The fourth-order valence-corrected chi connectivity index (χ4v) is 2.65. The molecule has 0 saturated carbocycles. The highest BCUT2D eigenvalue weighted by molar-refractivity contribution is 9.09. The van der Waals surface area contributed by atoms with Crippen LogP contribution in [0.25, 0.3) is 0 Å². The number of ether oxygens (including phenoxy) is 1. The summed E-state index contributed by atoms with van der Waals surface area (Å²) in [5, 5.41) is 0.958. The smallest absolute Gasteiger partial charge is 0.420 e. The van der Waals surface area contributed by atoms with Gasteiger partial charge in [0.2, 0.25) is 10.3 Å². The van der Waals surface area contributed by atoms with Crippen LogP contribution in [0.5, 0.6) is 0 Å². The lowest BCUT2D eigenvalue weighted by molar-refractivity contribution is 0.0606. The molecule has 0 aliphatic rings. The van der Waals surface area contributed by atoms with Gasteiger partial charge in [-0.1, -0.05) is 27.8 Å². The summed E-state index contributed by atoms with van der Waals surface area (Å²) in [6.45, 7) is 5.12. The standard InChI is InChI=1S/C13H14BrNO4S2/c1-13(2,3)19-12(16)15(9-21(17)18)11-7-6-10(20-11)5-4-8-14/h6-7,9H,8H2,1-3H3. The average Bonchev–Trinajstić information content (AvgIpc) is 2.79. The Labute approximate surface area is 137 Å². The zero-order valence-electron chi connectivity index (χ0n) is 11.7. The first-order valence-electron chi connectivity index (χ1n) is 5.83. The Bertz CT molecular complexity index is 697. The van der Waals surface area contributed by atoms with Gasteiger partial charge in [0.25, 0.3) is 0 Å². The molecule has 1 aromatic heterocycles. The van der Waals surface area contributed by atoms with Crippen LogP contribution in [-0.4, -0.2) is 30.9 Å². The van der Waals surface area contributed by atoms with Crippen LogP contribution in [-0.2, 0) is 15.0 Å². The first-order valence-corrected chi connectivity index (χ1v) is 8.90. The highest BCUT2D eigenvalue weighted by Crippen LogP contribution is 2.26. The summed E-state index contributed by atoms with van der Waals surface area (Å²) in [6, 6.07) is 3.34. The van der Waals surface area contributed by atoms with Gasteiger partial charge in [0.1, 0.15) is 16.1 Å². The van der Waals surface area contributed by atoms with Gasteiger partial charge in [-0.25, -0.2) is 9.69 Å². The zero-order chi connectivity index (χ0) is 16.0. The number of thiophene rings is 1. The fraction of sp³-hybridized carbons (Fsp3) is 0.385. The summed E-state index contributed by atoms with van der Waals surface area (Å²) >= 11 is 4.39. The highest BCUT2D eigenvalue weighted by atomic mass is 79.9. The fourth-order valence-electron chi connectivity index (χ4n) is 1.23. The average molecular weight is 392 g/mol. The maximum absolute atomic E-state index is 12.1. The normalized spacial score (nSPS) is 10.3. The molecular formula is C13H14BrNO4S2. The quantitative estimate of drug-likeness (QED) is 0.441. The molecule has 0 saturated heterocycles. The SMILES string of the molecule is CC(C)(C)OC(=O)N(C=S(=O)=O)c1ccc(C#CCBr)s1. The number of carbonyl (C=O) groups is 1. The molecule has 0 radical (unpaired) electrons. The maximum atomic E-state index is 12.1. The summed E-state index contributed by atoms with van der Waals surface area (Å²) in [4.78, 5) is 13.8. The number of hydrogen-bond acceptors (Lipinski definition) is 5. The lowest BCUT2D eigenvalue weighted by Gasteiger charge is -2.23. The third-order valence-corrected chi connectivity index (χ3v) is 3.55. The molecule has 21 heavy (non-hydrogen) atoms. The molecule has 5 nitrogen and oxygen atoms in total. The zero-order valence-corrected chi connectivity index (χ0v) is 14.9. The molecule has 0 aliphatic heterocycles. The number of carbonyl (C=O) groups excluding carboxylic acids is 1. The van der Waals surface area contributed by atoms with Crippen LogP contribution < -0.4 is 4.90 Å². The van der Waals surface area contributed by atoms with E-state index in [0.717, 1.165) is 15.3 Å². The Hall–Kier alpha value is -1.30. The summed E-state index contributed by atoms with van der Waals surface area (Å²) in [5.41, 5.74) is 0.0605. The van der Waals surface area contributed by atoms with Crippen molar-refractivity contribution in [3.63, 3.8) is 0 Å². The molecule has 0 N–H and O–H groups in total. The molecule has 8 heteroatoms. The van der Waals surface area contributed by atoms with Gasteiger partial charge in [-0.3, -0.25) is 0 Å². The molecule has 1 amide bonds. The summed E-state index contributed by atoms with van der Waals surface area (Å²) in [7, 11) is -2.53. The van der Waals surface area contributed by atoms with E-state index < -0.39 is 22.0 Å². The Morgan fingerprint density at radius 1 is 1.48 bits per heavy atom. The van der Waals surface area contributed by atoms with Gasteiger partial charge >= 0.3 is 6.09 Å². The van der Waals surface area contributed by atoms with Crippen LogP contribution in [0.2, 0.25) is 0 Å². The minimum absolute atomic E-state index is 0.423. The van der Waals surface area contributed by atoms with E-state index in [9.17, 15) is 13.2 Å². The van der Waals surface area contributed by atoms with Gasteiger partial charge in [-0.15, -0.1) is 11.3 Å². The third-order valence-electron chi connectivity index (χ3n) is 1.89. The van der Waals surface area contributed by atoms with Gasteiger partial charge in [0, 0.05) is 0 Å². The van der Waals surface area contributed by atoms with Crippen molar-refractivity contribution in [2.45, 2.75) is 26.4 Å². The minimum atomic E-state index is -2.53. The number of anilines is 1. The van der Waals surface area contributed by atoms with Crippen LogP contribution in [0.1, 0.15) is 25.6 Å². The van der Waals surface area contributed by atoms with Gasteiger partial charge in [-0.2, -0.15) is 8.42 Å². The second-order valence-electron chi connectivity index (χ2n) is 4.79. The van der Waals surface area contributed by atoms with Crippen molar-refractivity contribution < 1.29 is 17.9 Å². The van der Waals surface area contributed by atoms with Crippen LogP contribution >= 0.6 is 27.3 Å². The van der Waals surface area contributed by atoms with Crippen molar-refractivity contribution in [2.75, 3.05) is 10.2 Å². The van der Waals surface area contributed by atoms with E-state index in [-0.39, 0.29) is 0 Å². The molecule has 0 unspecified atom stereocenters. The Balaban J connectivity index is 3.12. The van der Waals surface area contributed by atoms with Crippen LogP contribution in [0.3, 0.4) is 0 Å². The molecule has 0 atom stereocenters. The van der Waals surface area contributed by atoms with Crippen molar-refractivity contribution in [1.29, 1.82) is 0 Å². The minimum Gasteiger partial charge on any atom is -0.443 e. The summed E-state index contributed by atoms with van der Waals surface area (Å²) in [6.07, 6.45) is -0.756. The number of nitrogens with zero attached hydrogens (tertiary/aromatic N) is 1. The molecule has 1 heterocycles. The van der Waals surface area contributed by atoms with E-state index in [4.69, 9.17) is 4.74 Å². The van der Waals surface area contributed by atoms with E-state index in [2.05, 4.69) is 27.8 Å². The summed E-state index contributed by atoms with van der Waals surface area (Å²) < 4.78 is 27.0. The van der Waals surface area contributed by atoms with Crippen molar-refractivity contribution in [3.8, 4) is 11.8 Å². The first-order chi connectivity index (χ1) is 9.73. The van der Waals surface area contributed by atoms with Gasteiger partial charge in [0.15, 0.2) is 0 Å². The number of rotatable bonds is 2. The van der Waals surface area contributed by atoms with Gasteiger partial charge in [0.05, 0.1) is 10.2 Å². The predicted molar refractivity (Wildman–Crippen MR) is 88.7 cm³/mol. The Morgan fingerprint density at radius 3 is 2.67 bits per heavy atom. The lowest BCUT2D eigenvalue weighted by Crippen LogP contribution is -2.35. The summed E-state index contributed by atoms with van der Waals surface area (Å²) in [5.74, 6) is 5.72. The van der Waals surface area contributed by atoms with Crippen molar-refractivity contribution >= 4 is 54.1 Å². The number of amides is 1. The van der Waals surface area contributed by atoms with Gasteiger partial charge in [-0.05, 0) is 32.9 Å². The first kappa shape index (κ1) is 17.8. The molecule has 114 valence electrons. The molecule has 0 spiro atoms. The molecule has 0 bridgehead atoms. The molecule has 1 aromatic rings. The molecule has 0 fully saturated rings. The topological polar surface area (TPSA) is 63.7 Å². The third kappa shape index (κ3) is 6.33. The van der Waals surface area contributed by atoms with Crippen molar-refractivity contribution in [3.05, 3.63) is 17.0 Å². The predicted octanol–water partition coefficient (Wildman–Crippen LogP) is 2.87. The van der Waals surface area contributed by atoms with E-state index in [0.29, 0.717) is 10.3 Å². The monoisotopic (exact) mass is 391 g/mol. The van der Waals surface area contributed by atoms with E-state index in [1.54, 1.807) is 32.9 Å². The molecular weight excluding hydrogens is 378 g/mol. The van der Waals surface area contributed by atoms with Gasteiger partial charge < -0.3 is 4.74 Å². The Kier molecular flexibility index (Phi) is 6.45. The lowest BCUT2D eigenvalue weighted by atomic mass is 10.2. The van der Waals surface area contributed by atoms with E-state index in [1.165, 1.54) is 11.3 Å². The van der Waals surface area contributed by atoms with E-state index >= 15 is 0 Å². The molecule has 0 aromatic carbocycles. The number of hydrogen-bond donors (Lipinski definition) is 0. The van der Waals surface area contributed by atoms with Crippen molar-refractivity contribution in [2.24, 2.45) is 0 Å². The largest absolute Gasteiger partial charge is 0.443 e. The molecule has 0 aliphatic carbocycles. The molecule has 1 rings (SSSR count). The second-order valence-corrected chi connectivity index (χ2v) is 7.14. The Morgan fingerprint density at radius 2 is 2.14 bits per heavy atom. The number of halogens is 1. The maximum Gasteiger partial charge on any atom is 0.420 e. The van der Waals surface area contributed by atoms with Crippen LogP contribution in [0.15, 0.2) is 12.1 Å². The van der Waals surface area contributed by atoms with Crippen molar-refractivity contribution in [1.82, 2.24) is 0 Å². The number of alkyl halides is 1. The highest BCUT2D eigenvalue weighted by Gasteiger charge is 2.23.